The van der Waals surface area contributed by atoms with Crippen LogP contribution in [0, 0.1) is 0 Å². The number of nitrogens with two attached hydrogens (primary N) is 1. The second kappa shape index (κ2) is 5.39. The van der Waals surface area contributed by atoms with Gasteiger partial charge in [0.05, 0.1) is 17.8 Å². The number of pyridine rings is 1. The molecule has 1 unspecified atom stereocenters. The summed E-state index contributed by atoms with van der Waals surface area (Å²) in [6, 6.07) is 8.54. The summed E-state index contributed by atoms with van der Waals surface area (Å²) in [5.74, 6) is -0.510. The first-order chi connectivity index (χ1) is 9.09. The van der Waals surface area contributed by atoms with Crippen molar-refractivity contribution in [3.05, 3.63) is 53.9 Å². The highest BCUT2D eigenvalue weighted by atomic mass is 16.3. The number of aromatic nitrogens is 1. The molecule has 19 heavy (non-hydrogen) atoms. The fraction of sp³-hybridized carbons (Fsp3) is 0.143. The number of nitrogens with zero attached hydrogens (tertiary/aromatic N) is 1. The zero-order valence-corrected chi connectivity index (χ0v) is 10.5. The summed E-state index contributed by atoms with van der Waals surface area (Å²) in [6.45, 7) is 1.84. The van der Waals surface area contributed by atoms with Gasteiger partial charge in [0.2, 0.25) is 0 Å². The molecule has 1 atom stereocenters. The van der Waals surface area contributed by atoms with Gasteiger partial charge in [0.15, 0.2) is 0 Å². The van der Waals surface area contributed by atoms with Crippen molar-refractivity contribution in [3.63, 3.8) is 0 Å². The van der Waals surface area contributed by atoms with E-state index in [1.165, 1.54) is 18.5 Å². The maximum absolute atomic E-state index is 12.0. The van der Waals surface area contributed by atoms with E-state index in [1.54, 1.807) is 6.07 Å². The van der Waals surface area contributed by atoms with Crippen LogP contribution in [-0.2, 0) is 0 Å². The quantitative estimate of drug-likeness (QED) is 0.732. The molecule has 2 rings (SSSR count). The molecular formula is C14H15N3O2. The highest BCUT2D eigenvalue weighted by Crippen LogP contribution is 2.21. The molecule has 98 valence electrons. The number of amides is 1. The van der Waals surface area contributed by atoms with Gasteiger partial charge in [-0.05, 0) is 24.6 Å². The predicted molar refractivity (Wildman–Crippen MR) is 72.6 cm³/mol. The van der Waals surface area contributed by atoms with E-state index in [0.717, 1.165) is 5.56 Å². The number of carbonyl (C=O) groups excluding carboxylic acids is 1. The van der Waals surface area contributed by atoms with E-state index < -0.39 is 0 Å². The number of carbonyl (C=O) groups is 1. The second-order valence-corrected chi connectivity index (χ2v) is 4.22. The third-order valence-electron chi connectivity index (χ3n) is 2.85. The van der Waals surface area contributed by atoms with E-state index in [9.17, 15) is 9.90 Å². The molecule has 0 aliphatic rings. The van der Waals surface area contributed by atoms with E-state index >= 15 is 0 Å². The summed E-state index contributed by atoms with van der Waals surface area (Å²) >= 11 is 0. The van der Waals surface area contributed by atoms with Crippen LogP contribution in [0.2, 0.25) is 0 Å². The van der Waals surface area contributed by atoms with Crippen molar-refractivity contribution < 1.29 is 9.90 Å². The highest BCUT2D eigenvalue weighted by molar-refractivity contribution is 5.96. The zero-order chi connectivity index (χ0) is 13.8. The Labute approximate surface area is 111 Å². The number of anilines is 1. The molecule has 1 amide bonds. The fourth-order valence-corrected chi connectivity index (χ4v) is 1.84. The van der Waals surface area contributed by atoms with Gasteiger partial charge in [-0.3, -0.25) is 9.78 Å². The van der Waals surface area contributed by atoms with Crippen molar-refractivity contribution in [1.29, 1.82) is 0 Å². The number of hydrogen-bond donors (Lipinski definition) is 3. The van der Waals surface area contributed by atoms with Gasteiger partial charge in [0.25, 0.3) is 5.91 Å². The number of rotatable bonds is 3. The van der Waals surface area contributed by atoms with Gasteiger partial charge in [0.1, 0.15) is 5.75 Å². The smallest absolute Gasteiger partial charge is 0.255 e. The van der Waals surface area contributed by atoms with Gasteiger partial charge >= 0.3 is 0 Å². The Morgan fingerprint density at radius 3 is 2.79 bits per heavy atom. The first-order valence-electron chi connectivity index (χ1n) is 5.88. The molecular weight excluding hydrogens is 242 g/mol. The van der Waals surface area contributed by atoms with Crippen molar-refractivity contribution in [1.82, 2.24) is 10.3 Å². The summed E-state index contributed by atoms with van der Waals surface area (Å²) in [5.41, 5.74) is 7.50. The van der Waals surface area contributed by atoms with Crippen LogP contribution in [-0.4, -0.2) is 16.0 Å². The standard InChI is InChI=1S/C14H15N3O2/c1-9(10-4-2-3-5-12(10)15)17-14(19)11-6-7-16-8-13(11)18/h2-9,18H,15H2,1H3,(H,17,19). The van der Waals surface area contributed by atoms with Gasteiger partial charge in [-0.2, -0.15) is 0 Å². The minimum absolute atomic E-state index is 0.145. The van der Waals surface area contributed by atoms with Gasteiger partial charge < -0.3 is 16.2 Å². The van der Waals surface area contributed by atoms with Crippen LogP contribution in [0.3, 0.4) is 0 Å². The molecule has 0 radical (unpaired) electrons. The lowest BCUT2D eigenvalue weighted by molar-refractivity contribution is 0.0937. The lowest BCUT2D eigenvalue weighted by Gasteiger charge is -2.16. The summed E-state index contributed by atoms with van der Waals surface area (Å²) in [4.78, 5) is 15.7. The number of benzene rings is 1. The fourth-order valence-electron chi connectivity index (χ4n) is 1.84. The molecule has 1 aromatic carbocycles. The maximum atomic E-state index is 12.0. The van der Waals surface area contributed by atoms with E-state index in [-0.39, 0.29) is 23.3 Å². The van der Waals surface area contributed by atoms with Crippen molar-refractivity contribution >= 4 is 11.6 Å². The summed E-state index contributed by atoms with van der Waals surface area (Å²) < 4.78 is 0. The third-order valence-corrected chi connectivity index (χ3v) is 2.85. The number of nitrogens with one attached hydrogen (secondary N) is 1. The molecule has 0 aliphatic carbocycles. The molecule has 4 N–H and O–H groups in total. The van der Waals surface area contributed by atoms with Crippen LogP contribution in [0.25, 0.3) is 0 Å². The van der Waals surface area contributed by atoms with Gasteiger partial charge in [-0.1, -0.05) is 18.2 Å². The molecule has 5 heteroatoms. The molecule has 0 saturated carbocycles. The van der Waals surface area contributed by atoms with E-state index in [1.807, 2.05) is 25.1 Å². The van der Waals surface area contributed by atoms with Crippen LogP contribution in [0.5, 0.6) is 5.75 Å². The Balaban J connectivity index is 2.16. The number of aromatic hydroxyl groups is 1. The second-order valence-electron chi connectivity index (χ2n) is 4.22. The summed E-state index contributed by atoms with van der Waals surface area (Å²) in [7, 11) is 0. The number of hydrogen-bond acceptors (Lipinski definition) is 4. The van der Waals surface area contributed by atoms with Crippen LogP contribution in [0.15, 0.2) is 42.7 Å². The Bertz CT molecular complexity index is 599. The van der Waals surface area contributed by atoms with Crippen molar-refractivity contribution in [2.75, 3.05) is 5.73 Å². The zero-order valence-electron chi connectivity index (χ0n) is 10.5. The Morgan fingerprint density at radius 2 is 2.11 bits per heavy atom. The predicted octanol–water partition coefficient (Wildman–Crippen LogP) is 1.86. The topological polar surface area (TPSA) is 88.2 Å². The third kappa shape index (κ3) is 2.82. The molecule has 0 spiro atoms. The SMILES string of the molecule is CC(NC(=O)c1ccncc1O)c1ccccc1N. The van der Waals surface area contributed by atoms with Gasteiger partial charge in [-0.25, -0.2) is 0 Å². The van der Waals surface area contributed by atoms with E-state index in [0.29, 0.717) is 5.69 Å². The Kier molecular flexibility index (Phi) is 3.66. The van der Waals surface area contributed by atoms with Crippen LogP contribution < -0.4 is 11.1 Å². The maximum Gasteiger partial charge on any atom is 0.255 e. The van der Waals surface area contributed by atoms with Crippen LogP contribution >= 0.6 is 0 Å². The molecule has 5 nitrogen and oxygen atoms in total. The van der Waals surface area contributed by atoms with Crippen LogP contribution in [0.4, 0.5) is 5.69 Å². The Hall–Kier alpha value is -2.56. The average molecular weight is 257 g/mol. The molecule has 0 aliphatic heterocycles. The van der Waals surface area contributed by atoms with Crippen LogP contribution in [0.1, 0.15) is 28.9 Å². The first-order valence-corrected chi connectivity index (χ1v) is 5.88. The average Bonchev–Trinajstić information content (AvgIpc) is 2.39. The molecule has 0 bridgehead atoms. The minimum Gasteiger partial charge on any atom is -0.505 e. The summed E-state index contributed by atoms with van der Waals surface area (Å²) in [6.07, 6.45) is 2.69. The van der Waals surface area contributed by atoms with E-state index in [4.69, 9.17) is 5.73 Å². The van der Waals surface area contributed by atoms with Gasteiger partial charge in [-0.15, -0.1) is 0 Å². The largest absolute Gasteiger partial charge is 0.505 e. The molecule has 0 fully saturated rings. The molecule has 2 aromatic rings. The normalized spacial score (nSPS) is 11.8. The first kappa shape index (κ1) is 12.9. The molecule has 1 aromatic heterocycles. The van der Waals surface area contributed by atoms with Crippen molar-refractivity contribution in [3.8, 4) is 5.75 Å². The number of nitrogen functional groups attached to an aromatic ring is 1. The molecule has 1 heterocycles. The van der Waals surface area contributed by atoms with Crippen molar-refractivity contribution in [2.24, 2.45) is 0 Å². The lowest BCUT2D eigenvalue weighted by atomic mass is 10.1. The van der Waals surface area contributed by atoms with Crippen molar-refractivity contribution in [2.45, 2.75) is 13.0 Å². The van der Waals surface area contributed by atoms with Gasteiger partial charge in [0, 0.05) is 11.9 Å². The molecule has 0 saturated heterocycles. The minimum atomic E-state index is -0.365. The summed E-state index contributed by atoms with van der Waals surface area (Å²) in [5, 5.41) is 12.4. The lowest BCUT2D eigenvalue weighted by Crippen LogP contribution is -2.27. The Morgan fingerprint density at radius 1 is 1.37 bits per heavy atom. The highest BCUT2D eigenvalue weighted by Gasteiger charge is 2.15. The number of para-hydroxylation sites is 1. The monoisotopic (exact) mass is 257 g/mol. The van der Waals surface area contributed by atoms with E-state index in [2.05, 4.69) is 10.3 Å².